The maximum absolute atomic E-state index is 12.4. The van der Waals surface area contributed by atoms with Gasteiger partial charge in [-0.25, -0.2) is 0 Å². The van der Waals surface area contributed by atoms with Crippen LogP contribution in [-0.2, 0) is 4.79 Å². The van der Waals surface area contributed by atoms with Gasteiger partial charge in [-0.05, 0) is 45.4 Å². The van der Waals surface area contributed by atoms with Crippen LogP contribution in [0, 0.1) is 23.7 Å². The third-order valence-electron chi connectivity index (χ3n) is 4.74. The van der Waals surface area contributed by atoms with Gasteiger partial charge >= 0.3 is 0 Å². The summed E-state index contributed by atoms with van der Waals surface area (Å²) in [4.78, 5) is 14.0. The lowest BCUT2D eigenvalue weighted by atomic mass is 9.82. The number of hydrogen-bond donors (Lipinski definition) is 2. The van der Waals surface area contributed by atoms with Crippen LogP contribution in [0.1, 0.15) is 45.4 Å². The van der Waals surface area contributed by atoms with E-state index in [4.69, 9.17) is 11.7 Å². The van der Waals surface area contributed by atoms with Gasteiger partial charge in [-0.3, -0.25) is 4.79 Å². The van der Waals surface area contributed by atoms with E-state index < -0.39 is 6.04 Å². The Labute approximate surface area is 126 Å². The van der Waals surface area contributed by atoms with Gasteiger partial charge in [0.25, 0.3) is 0 Å². The molecule has 114 valence electrons. The molecule has 0 aromatic carbocycles. The van der Waals surface area contributed by atoms with Gasteiger partial charge in [0.15, 0.2) is 0 Å². The van der Waals surface area contributed by atoms with Crippen LogP contribution < -0.4 is 5.32 Å². The SMILES string of the molecule is C#C[C@H]1CC[C@@H](C#N)N1C(=O)CNC1(C)CCC(O)CC1. The monoisotopic (exact) mass is 289 g/mol. The molecule has 0 aromatic heterocycles. The number of hydrogen-bond acceptors (Lipinski definition) is 4. The predicted molar refractivity (Wildman–Crippen MR) is 79.0 cm³/mol. The molecule has 1 amide bonds. The minimum atomic E-state index is -0.402. The predicted octanol–water partition coefficient (Wildman–Crippen LogP) is 0.786. The fourth-order valence-corrected chi connectivity index (χ4v) is 3.25. The number of aliphatic hydroxyl groups is 1. The third kappa shape index (κ3) is 3.56. The molecule has 5 heteroatoms. The number of aliphatic hydroxyl groups excluding tert-OH is 1. The van der Waals surface area contributed by atoms with E-state index in [9.17, 15) is 9.90 Å². The summed E-state index contributed by atoms with van der Waals surface area (Å²) in [7, 11) is 0. The lowest BCUT2D eigenvalue weighted by Gasteiger charge is -2.37. The minimum Gasteiger partial charge on any atom is -0.393 e. The Hall–Kier alpha value is -1.56. The first-order chi connectivity index (χ1) is 9.99. The van der Waals surface area contributed by atoms with Crippen LogP contribution in [0.5, 0.6) is 0 Å². The van der Waals surface area contributed by atoms with E-state index in [0.29, 0.717) is 12.8 Å². The summed E-state index contributed by atoms with van der Waals surface area (Å²) in [6.45, 7) is 2.28. The van der Waals surface area contributed by atoms with Crippen molar-refractivity contribution in [2.45, 2.75) is 69.2 Å². The third-order valence-corrected chi connectivity index (χ3v) is 4.74. The molecule has 2 N–H and O–H groups in total. The quantitative estimate of drug-likeness (QED) is 0.753. The van der Waals surface area contributed by atoms with Crippen LogP contribution in [0.25, 0.3) is 0 Å². The zero-order chi connectivity index (χ0) is 15.5. The molecule has 1 aliphatic heterocycles. The standard InChI is InChI=1S/C16H23N3O2/c1-3-12-4-5-13(10-17)19(12)15(21)11-18-16(2)8-6-14(20)7-9-16/h1,12-14,18,20H,4-9,11H2,2H3/t12-,13-,14?,16?/m0/s1. The molecule has 1 aliphatic carbocycles. The second-order valence-electron chi connectivity index (χ2n) is 6.35. The molecule has 2 rings (SSSR count). The number of carbonyl (C=O) groups is 1. The van der Waals surface area contributed by atoms with Crippen molar-refractivity contribution >= 4 is 5.91 Å². The van der Waals surface area contributed by atoms with Gasteiger partial charge in [-0.15, -0.1) is 6.42 Å². The number of amides is 1. The summed E-state index contributed by atoms with van der Waals surface area (Å²) in [6, 6.07) is 1.50. The van der Waals surface area contributed by atoms with Gasteiger partial charge in [0.2, 0.25) is 5.91 Å². The van der Waals surface area contributed by atoms with Crippen LogP contribution >= 0.6 is 0 Å². The van der Waals surface area contributed by atoms with E-state index in [2.05, 4.69) is 24.2 Å². The molecule has 1 saturated carbocycles. The average molecular weight is 289 g/mol. The summed E-state index contributed by atoms with van der Waals surface area (Å²) in [5.41, 5.74) is -0.123. The molecule has 2 fully saturated rings. The molecular formula is C16H23N3O2. The summed E-state index contributed by atoms with van der Waals surface area (Å²) < 4.78 is 0. The van der Waals surface area contributed by atoms with E-state index in [1.54, 1.807) is 4.90 Å². The van der Waals surface area contributed by atoms with E-state index in [1.807, 2.05) is 0 Å². The van der Waals surface area contributed by atoms with Crippen molar-refractivity contribution in [1.82, 2.24) is 10.2 Å². The highest BCUT2D eigenvalue weighted by Crippen LogP contribution is 2.28. The lowest BCUT2D eigenvalue weighted by molar-refractivity contribution is -0.131. The van der Waals surface area contributed by atoms with Crippen LogP contribution in [-0.4, -0.2) is 46.2 Å². The Morgan fingerprint density at radius 1 is 1.38 bits per heavy atom. The van der Waals surface area contributed by atoms with Gasteiger partial charge in [0, 0.05) is 5.54 Å². The largest absolute Gasteiger partial charge is 0.393 e. The fourth-order valence-electron chi connectivity index (χ4n) is 3.25. The first-order valence-corrected chi connectivity index (χ1v) is 7.59. The summed E-state index contributed by atoms with van der Waals surface area (Å²) >= 11 is 0. The highest BCUT2D eigenvalue weighted by atomic mass is 16.3. The molecule has 2 aliphatic rings. The highest BCUT2D eigenvalue weighted by molar-refractivity contribution is 5.80. The molecule has 0 spiro atoms. The van der Waals surface area contributed by atoms with Crippen LogP contribution in [0.4, 0.5) is 0 Å². The molecule has 1 saturated heterocycles. The maximum atomic E-state index is 12.4. The summed E-state index contributed by atoms with van der Waals surface area (Å²) in [5.74, 6) is 2.50. The Morgan fingerprint density at radius 3 is 2.57 bits per heavy atom. The Balaban J connectivity index is 1.92. The van der Waals surface area contributed by atoms with Crippen molar-refractivity contribution in [3.8, 4) is 18.4 Å². The first-order valence-electron chi connectivity index (χ1n) is 7.59. The summed E-state index contributed by atoms with van der Waals surface area (Å²) in [5, 5.41) is 22.0. The molecule has 1 heterocycles. The van der Waals surface area contributed by atoms with Crippen molar-refractivity contribution < 1.29 is 9.90 Å². The topological polar surface area (TPSA) is 76.4 Å². The molecule has 0 unspecified atom stereocenters. The van der Waals surface area contributed by atoms with E-state index in [1.165, 1.54) is 0 Å². The van der Waals surface area contributed by atoms with Gasteiger partial charge in [-0.2, -0.15) is 5.26 Å². The maximum Gasteiger partial charge on any atom is 0.238 e. The Bertz CT molecular complexity index is 447. The fraction of sp³-hybridized carbons (Fsp3) is 0.750. The van der Waals surface area contributed by atoms with Crippen molar-refractivity contribution in [2.75, 3.05) is 6.54 Å². The number of nitriles is 1. The molecule has 5 nitrogen and oxygen atoms in total. The van der Waals surface area contributed by atoms with E-state index in [0.717, 1.165) is 25.7 Å². The first kappa shape index (κ1) is 15.8. The zero-order valence-electron chi connectivity index (χ0n) is 12.5. The molecule has 0 radical (unpaired) electrons. The smallest absolute Gasteiger partial charge is 0.238 e. The molecule has 2 atom stereocenters. The van der Waals surface area contributed by atoms with E-state index >= 15 is 0 Å². The van der Waals surface area contributed by atoms with Crippen LogP contribution in [0.2, 0.25) is 0 Å². The number of terminal acetylenes is 1. The summed E-state index contributed by atoms with van der Waals surface area (Å²) in [6.07, 6.45) is 9.81. The van der Waals surface area contributed by atoms with E-state index in [-0.39, 0.29) is 30.1 Å². The molecule has 0 aromatic rings. The lowest BCUT2D eigenvalue weighted by Crippen LogP contribution is -2.52. The van der Waals surface area contributed by atoms with Gasteiger partial charge < -0.3 is 15.3 Å². The highest BCUT2D eigenvalue weighted by Gasteiger charge is 2.37. The zero-order valence-corrected chi connectivity index (χ0v) is 12.5. The number of nitrogens with zero attached hydrogens (tertiary/aromatic N) is 2. The second kappa shape index (κ2) is 6.47. The normalized spacial score (nSPS) is 36.0. The number of carbonyl (C=O) groups excluding carboxylic acids is 1. The minimum absolute atomic E-state index is 0.102. The number of likely N-dealkylation sites (tertiary alicyclic amines) is 1. The number of rotatable bonds is 3. The molecule has 0 bridgehead atoms. The van der Waals surface area contributed by atoms with Crippen LogP contribution in [0.3, 0.4) is 0 Å². The van der Waals surface area contributed by atoms with Gasteiger partial charge in [0.05, 0.1) is 24.8 Å². The van der Waals surface area contributed by atoms with Crippen molar-refractivity contribution in [3.05, 3.63) is 0 Å². The molecule has 21 heavy (non-hydrogen) atoms. The second-order valence-corrected chi connectivity index (χ2v) is 6.35. The number of nitrogens with one attached hydrogen (secondary N) is 1. The Kier molecular flexibility index (Phi) is 4.88. The molecular weight excluding hydrogens is 266 g/mol. The van der Waals surface area contributed by atoms with Gasteiger partial charge in [0.1, 0.15) is 6.04 Å². The van der Waals surface area contributed by atoms with Crippen LogP contribution in [0.15, 0.2) is 0 Å². The average Bonchev–Trinajstić information content (AvgIpc) is 2.91. The van der Waals surface area contributed by atoms with Crippen molar-refractivity contribution in [2.24, 2.45) is 0 Å². The van der Waals surface area contributed by atoms with Crippen molar-refractivity contribution in [3.63, 3.8) is 0 Å². The Morgan fingerprint density at radius 2 is 2.00 bits per heavy atom. The van der Waals surface area contributed by atoms with Crippen molar-refractivity contribution in [1.29, 1.82) is 5.26 Å². The van der Waals surface area contributed by atoms with Gasteiger partial charge in [-0.1, -0.05) is 5.92 Å².